The zero-order chi connectivity index (χ0) is 20.3. The van der Waals surface area contributed by atoms with Gasteiger partial charge >= 0.3 is 0 Å². The Hall–Kier alpha value is -2.98. The van der Waals surface area contributed by atoms with Crippen molar-refractivity contribution in [3.63, 3.8) is 0 Å². The molecule has 0 bridgehead atoms. The number of hydrogen-bond donors (Lipinski definition) is 0. The van der Waals surface area contributed by atoms with Crippen LogP contribution in [0.15, 0.2) is 72.9 Å². The number of nitrogens with zero attached hydrogens (tertiary/aromatic N) is 3. The van der Waals surface area contributed by atoms with E-state index in [4.69, 9.17) is 0 Å². The number of aromatic nitrogens is 2. The van der Waals surface area contributed by atoms with Crippen LogP contribution in [-0.2, 0) is 12.0 Å². The average molecular weight is 397 g/mol. The second-order valence-electron chi connectivity index (χ2n) is 8.97. The lowest BCUT2D eigenvalue weighted by molar-refractivity contribution is 0.290. The van der Waals surface area contributed by atoms with Crippen LogP contribution in [0.1, 0.15) is 23.1 Å². The fraction of sp³-hybridized carbons (Fsp3) is 0.269. The van der Waals surface area contributed by atoms with Crippen LogP contribution in [0.3, 0.4) is 0 Å². The molecule has 1 saturated heterocycles. The predicted molar refractivity (Wildman–Crippen MR) is 117 cm³/mol. The lowest BCUT2D eigenvalue weighted by Crippen LogP contribution is -2.26. The predicted octanol–water partition coefficient (Wildman–Crippen LogP) is 5.25. The van der Waals surface area contributed by atoms with Gasteiger partial charge in [-0.3, -0.25) is 4.90 Å². The van der Waals surface area contributed by atoms with Gasteiger partial charge in [-0.15, -0.1) is 0 Å². The molecule has 0 N–H and O–H groups in total. The zero-order valence-corrected chi connectivity index (χ0v) is 17.1. The molecule has 1 saturated carbocycles. The van der Waals surface area contributed by atoms with Crippen LogP contribution < -0.4 is 0 Å². The Morgan fingerprint density at radius 2 is 1.87 bits per heavy atom. The normalized spacial score (nSPS) is 23.1. The molecule has 1 aromatic heterocycles. The third-order valence-corrected chi connectivity index (χ3v) is 6.99. The van der Waals surface area contributed by atoms with E-state index in [1.54, 1.807) is 12.1 Å². The lowest BCUT2D eigenvalue weighted by Gasteiger charge is -2.22. The molecule has 3 aromatic carbocycles. The maximum Gasteiger partial charge on any atom is 0.123 e. The molecule has 2 aliphatic rings. The molecule has 6 rings (SSSR count). The summed E-state index contributed by atoms with van der Waals surface area (Å²) in [4.78, 5) is 2.61. The van der Waals surface area contributed by atoms with E-state index in [1.165, 1.54) is 41.8 Å². The molecule has 4 aromatic rings. The van der Waals surface area contributed by atoms with E-state index >= 15 is 0 Å². The number of fused-ring (bicyclic) bond motifs is 2. The molecule has 2 fully saturated rings. The van der Waals surface area contributed by atoms with E-state index in [0.717, 1.165) is 35.6 Å². The summed E-state index contributed by atoms with van der Waals surface area (Å²) in [5.74, 6) is 0.526. The highest BCUT2D eigenvalue weighted by Crippen LogP contribution is 2.60. The third kappa shape index (κ3) is 2.78. The standard InChI is InChI=1S/C26H24FN3/c1-18-11-25-20(14-28-30(25)23-9-7-22(27)8-10-23)12-24(18)26-13-21(26)16-29(17-26)15-19-5-3-2-4-6-19/h2-12,14,21H,13,15-17H2,1H3. The molecule has 2 unspecified atom stereocenters. The van der Waals surface area contributed by atoms with Crippen molar-refractivity contribution in [2.45, 2.75) is 25.3 Å². The molecule has 30 heavy (non-hydrogen) atoms. The molecular weight excluding hydrogens is 373 g/mol. The summed E-state index contributed by atoms with van der Waals surface area (Å²) < 4.78 is 15.2. The number of piperidine rings is 1. The minimum absolute atomic E-state index is 0.228. The van der Waals surface area contributed by atoms with Crippen molar-refractivity contribution in [2.75, 3.05) is 13.1 Å². The molecular formula is C26H24FN3. The van der Waals surface area contributed by atoms with Gasteiger partial charge in [0.05, 0.1) is 17.4 Å². The van der Waals surface area contributed by atoms with Crippen LogP contribution in [0.2, 0.25) is 0 Å². The van der Waals surface area contributed by atoms with Gasteiger partial charge in [0.2, 0.25) is 0 Å². The minimum Gasteiger partial charge on any atom is -0.298 e. The van der Waals surface area contributed by atoms with Gasteiger partial charge in [-0.1, -0.05) is 30.3 Å². The Kier molecular flexibility index (Phi) is 3.87. The number of halogens is 1. The average Bonchev–Trinajstić information content (AvgIpc) is 3.10. The molecule has 1 aliphatic carbocycles. The number of rotatable bonds is 4. The fourth-order valence-electron chi connectivity index (χ4n) is 5.47. The van der Waals surface area contributed by atoms with Gasteiger partial charge in [0.25, 0.3) is 0 Å². The summed E-state index contributed by atoms with van der Waals surface area (Å²) in [6.07, 6.45) is 3.23. The number of likely N-dealkylation sites (tertiary alicyclic amines) is 1. The van der Waals surface area contributed by atoms with Gasteiger partial charge in [-0.2, -0.15) is 5.10 Å². The first kappa shape index (κ1) is 17.8. The Labute approximate surface area is 175 Å². The van der Waals surface area contributed by atoms with Crippen LogP contribution in [0.25, 0.3) is 16.6 Å². The van der Waals surface area contributed by atoms with E-state index in [2.05, 4.69) is 59.4 Å². The summed E-state index contributed by atoms with van der Waals surface area (Å²) in [5.41, 5.74) is 6.46. The third-order valence-electron chi connectivity index (χ3n) is 6.99. The second-order valence-corrected chi connectivity index (χ2v) is 8.97. The minimum atomic E-state index is -0.228. The van der Waals surface area contributed by atoms with Crippen LogP contribution in [-0.4, -0.2) is 27.8 Å². The van der Waals surface area contributed by atoms with Gasteiger partial charge in [-0.25, -0.2) is 9.07 Å². The highest BCUT2D eigenvalue weighted by molar-refractivity contribution is 5.82. The monoisotopic (exact) mass is 397 g/mol. The van der Waals surface area contributed by atoms with E-state index in [9.17, 15) is 4.39 Å². The molecule has 3 nitrogen and oxygen atoms in total. The topological polar surface area (TPSA) is 21.1 Å². The molecule has 4 heteroatoms. The Morgan fingerprint density at radius 3 is 2.67 bits per heavy atom. The summed E-state index contributed by atoms with van der Waals surface area (Å²) in [7, 11) is 0. The van der Waals surface area contributed by atoms with Crippen molar-refractivity contribution in [3.05, 3.63) is 95.4 Å². The second kappa shape index (κ2) is 6.51. The maximum absolute atomic E-state index is 13.3. The molecule has 150 valence electrons. The molecule has 0 spiro atoms. The van der Waals surface area contributed by atoms with Gasteiger partial charge in [0.15, 0.2) is 0 Å². The van der Waals surface area contributed by atoms with Crippen molar-refractivity contribution in [1.29, 1.82) is 0 Å². The first-order valence-electron chi connectivity index (χ1n) is 10.6. The summed E-state index contributed by atoms with van der Waals surface area (Å²) in [5, 5.41) is 5.75. The smallest absolute Gasteiger partial charge is 0.123 e. The Bertz CT molecular complexity index is 1230. The Morgan fingerprint density at radius 1 is 1.07 bits per heavy atom. The van der Waals surface area contributed by atoms with Gasteiger partial charge < -0.3 is 0 Å². The zero-order valence-electron chi connectivity index (χ0n) is 17.1. The van der Waals surface area contributed by atoms with Crippen molar-refractivity contribution >= 4 is 10.9 Å². The van der Waals surface area contributed by atoms with Gasteiger partial charge in [0, 0.05) is 30.4 Å². The summed E-state index contributed by atoms with van der Waals surface area (Å²) in [6.45, 7) is 5.57. The van der Waals surface area contributed by atoms with Crippen molar-refractivity contribution < 1.29 is 4.39 Å². The molecule has 0 amide bonds. The number of benzene rings is 3. The largest absolute Gasteiger partial charge is 0.298 e. The molecule has 1 aliphatic heterocycles. The van der Waals surface area contributed by atoms with E-state index in [-0.39, 0.29) is 5.82 Å². The first-order chi connectivity index (χ1) is 14.6. The van der Waals surface area contributed by atoms with Crippen LogP contribution in [0, 0.1) is 18.7 Å². The van der Waals surface area contributed by atoms with Crippen LogP contribution in [0.5, 0.6) is 0 Å². The van der Waals surface area contributed by atoms with E-state index in [1.807, 2.05) is 10.9 Å². The van der Waals surface area contributed by atoms with Gasteiger partial charge in [-0.05, 0) is 72.4 Å². The highest BCUT2D eigenvalue weighted by Gasteiger charge is 2.60. The fourth-order valence-corrected chi connectivity index (χ4v) is 5.47. The first-order valence-corrected chi connectivity index (χ1v) is 10.6. The van der Waals surface area contributed by atoms with Crippen LogP contribution >= 0.6 is 0 Å². The number of hydrogen-bond acceptors (Lipinski definition) is 2. The van der Waals surface area contributed by atoms with Crippen molar-refractivity contribution in [3.8, 4) is 5.69 Å². The number of aryl methyl sites for hydroxylation is 1. The van der Waals surface area contributed by atoms with Gasteiger partial charge in [0.1, 0.15) is 5.82 Å². The van der Waals surface area contributed by atoms with Crippen molar-refractivity contribution in [2.24, 2.45) is 5.92 Å². The highest BCUT2D eigenvalue weighted by atomic mass is 19.1. The lowest BCUT2D eigenvalue weighted by atomic mass is 9.90. The molecule has 0 radical (unpaired) electrons. The van der Waals surface area contributed by atoms with E-state index < -0.39 is 0 Å². The summed E-state index contributed by atoms with van der Waals surface area (Å²) in [6, 6.07) is 21.9. The SMILES string of the molecule is Cc1cc2c(cnn2-c2ccc(F)cc2)cc1C12CC1CN(Cc1ccccc1)C2. The van der Waals surface area contributed by atoms with Crippen LogP contribution in [0.4, 0.5) is 4.39 Å². The van der Waals surface area contributed by atoms with Crippen molar-refractivity contribution in [1.82, 2.24) is 14.7 Å². The summed E-state index contributed by atoms with van der Waals surface area (Å²) >= 11 is 0. The molecule has 2 heterocycles. The Balaban J connectivity index is 1.32. The quantitative estimate of drug-likeness (QED) is 0.469. The maximum atomic E-state index is 13.3. The van der Waals surface area contributed by atoms with E-state index in [0.29, 0.717) is 5.41 Å². The molecule has 2 atom stereocenters.